The predicted molar refractivity (Wildman–Crippen MR) is 72.0 cm³/mol. The summed E-state index contributed by atoms with van der Waals surface area (Å²) in [6.07, 6.45) is 0. The summed E-state index contributed by atoms with van der Waals surface area (Å²) in [5.74, 6) is -0.317. The van der Waals surface area contributed by atoms with Crippen LogP contribution in [-0.4, -0.2) is 5.11 Å². The first-order valence-electron chi connectivity index (χ1n) is 5.42. The van der Waals surface area contributed by atoms with Gasteiger partial charge >= 0.3 is 0 Å². The molecule has 3 rings (SSSR count). The molecule has 4 heteroatoms. The first-order valence-corrected chi connectivity index (χ1v) is 6.23. The third kappa shape index (κ3) is 1.57. The molecule has 0 fully saturated rings. The largest absolute Gasteiger partial charge is 0.506 e. The molecule has 0 radical (unpaired) electrons. The normalized spacial score (nSPS) is 11.2. The lowest BCUT2D eigenvalue weighted by molar-refractivity contribution is 0.482. The van der Waals surface area contributed by atoms with Crippen LogP contribution in [0.15, 0.2) is 35.1 Å². The van der Waals surface area contributed by atoms with E-state index in [1.807, 2.05) is 6.92 Å². The van der Waals surface area contributed by atoms with Crippen LogP contribution in [0.4, 0.5) is 4.39 Å². The van der Waals surface area contributed by atoms with Crippen LogP contribution in [0.2, 0.25) is 0 Å². The van der Waals surface area contributed by atoms with Crippen molar-refractivity contribution in [2.24, 2.45) is 0 Å². The zero-order valence-corrected chi connectivity index (χ0v) is 10.3. The van der Waals surface area contributed by atoms with Crippen molar-refractivity contribution < 1.29 is 9.50 Å². The van der Waals surface area contributed by atoms with Crippen molar-refractivity contribution in [1.29, 1.82) is 0 Å². The number of hydrogen-bond acceptors (Lipinski definition) is 3. The van der Waals surface area contributed by atoms with Crippen LogP contribution in [-0.2, 0) is 0 Å². The minimum Gasteiger partial charge on any atom is -0.506 e. The number of halogens is 1. The minimum atomic E-state index is -0.385. The monoisotopic (exact) mass is 260 g/mol. The molecule has 0 bridgehead atoms. The van der Waals surface area contributed by atoms with Gasteiger partial charge in [0.25, 0.3) is 0 Å². The summed E-state index contributed by atoms with van der Waals surface area (Å²) >= 11 is 1.22. The van der Waals surface area contributed by atoms with Crippen molar-refractivity contribution in [1.82, 2.24) is 0 Å². The number of benzene rings is 2. The summed E-state index contributed by atoms with van der Waals surface area (Å²) in [5, 5.41) is 10.9. The van der Waals surface area contributed by atoms with Gasteiger partial charge in [-0.2, -0.15) is 0 Å². The third-order valence-electron chi connectivity index (χ3n) is 2.86. The highest BCUT2D eigenvalue weighted by Crippen LogP contribution is 2.32. The molecule has 2 nitrogen and oxygen atoms in total. The number of hydrogen-bond donors (Lipinski definition) is 1. The lowest BCUT2D eigenvalue weighted by atomic mass is 10.1. The van der Waals surface area contributed by atoms with Gasteiger partial charge in [-0.05, 0) is 42.8 Å². The van der Waals surface area contributed by atoms with E-state index in [2.05, 4.69) is 0 Å². The average molecular weight is 260 g/mol. The van der Waals surface area contributed by atoms with Crippen LogP contribution in [0.5, 0.6) is 5.75 Å². The van der Waals surface area contributed by atoms with E-state index in [9.17, 15) is 14.3 Å². The lowest BCUT2D eigenvalue weighted by Gasteiger charge is -2.04. The van der Waals surface area contributed by atoms with Crippen molar-refractivity contribution >= 4 is 31.5 Å². The molecule has 1 aromatic heterocycles. The Morgan fingerprint density at radius 1 is 1.17 bits per heavy atom. The molecule has 0 aliphatic carbocycles. The molecule has 0 amide bonds. The van der Waals surface area contributed by atoms with Crippen molar-refractivity contribution in [3.05, 3.63) is 51.9 Å². The summed E-state index contributed by atoms with van der Waals surface area (Å²) < 4.78 is 14.2. The maximum absolute atomic E-state index is 13.2. The fourth-order valence-electron chi connectivity index (χ4n) is 2.05. The standard InChI is InChI=1S/C14H9FO2S/c1-7-4-10-13(17)9-3-2-8(15)6-12(9)18-14(10)11(16)5-7/h2-6,16H,1H3. The van der Waals surface area contributed by atoms with Gasteiger partial charge in [0.15, 0.2) is 5.43 Å². The molecule has 2 aromatic carbocycles. The van der Waals surface area contributed by atoms with E-state index in [1.54, 1.807) is 12.1 Å². The summed E-state index contributed by atoms with van der Waals surface area (Å²) in [6.45, 7) is 1.82. The van der Waals surface area contributed by atoms with Crippen molar-refractivity contribution in [2.75, 3.05) is 0 Å². The van der Waals surface area contributed by atoms with Gasteiger partial charge < -0.3 is 5.11 Å². The fourth-order valence-corrected chi connectivity index (χ4v) is 3.14. The first-order chi connectivity index (χ1) is 8.56. The lowest BCUT2D eigenvalue weighted by Crippen LogP contribution is -2.01. The topological polar surface area (TPSA) is 37.3 Å². The maximum atomic E-state index is 13.2. The van der Waals surface area contributed by atoms with E-state index in [-0.39, 0.29) is 17.0 Å². The summed E-state index contributed by atoms with van der Waals surface area (Å²) in [4.78, 5) is 12.3. The second-order valence-electron chi connectivity index (χ2n) is 4.23. The second kappa shape index (κ2) is 3.78. The molecular weight excluding hydrogens is 251 g/mol. The van der Waals surface area contributed by atoms with Gasteiger partial charge in [-0.1, -0.05) is 0 Å². The van der Waals surface area contributed by atoms with Crippen LogP contribution in [0, 0.1) is 12.7 Å². The van der Waals surface area contributed by atoms with Gasteiger partial charge in [0.05, 0.1) is 4.70 Å². The molecule has 0 aliphatic rings. The Morgan fingerprint density at radius 2 is 1.94 bits per heavy atom. The summed E-state index contributed by atoms with van der Waals surface area (Å²) in [5.41, 5.74) is 0.656. The number of phenols is 1. The summed E-state index contributed by atoms with van der Waals surface area (Å²) in [6, 6.07) is 7.43. The highest BCUT2D eigenvalue weighted by molar-refractivity contribution is 7.24. The molecule has 18 heavy (non-hydrogen) atoms. The van der Waals surface area contributed by atoms with E-state index in [0.717, 1.165) is 5.56 Å². The number of rotatable bonds is 0. The van der Waals surface area contributed by atoms with Crippen molar-refractivity contribution in [2.45, 2.75) is 6.92 Å². The molecule has 0 unspecified atom stereocenters. The van der Waals surface area contributed by atoms with Crippen LogP contribution in [0.3, 0.4) is 0 Å². The molecular formula is C14H9FO2S. The molecule has 1 N–H and O–H groups in total. The number of fused-ring (bicyclic) bond motifs is 2. The van der Waals surface area contributed by atoms with Gasteiger partial charge in [-0.3, -0.25) is 4.79 Å². The quantitative estimate of drug-likeness (QED) is 0.627. The van der Waals surface area contributed by atoms with Crippen LogP contribution in [0.1, 0.15) is 5.56 Å². The molecule has 3 aromatic rings. The van der Waals surface area contributed by atoms with E-state index in [0.29, 0.717) is 20.2 Å². The van der Waals surface area contributed by atoms with Gasteiger partial charge in [0.1, 0.15) is 11.6 Å². The Kier molecular flexibility index (Phi) is 2.35. The molecule has 0 atom stereocenters. The van der Waals surface area contributed by atoms with E-state index in [4.69, 9.17) is 0 Å². The second-order valence-corrected chi connectivity index (χ2v) is 5.28. The van der Waals surface area contributed by atoms with E-state index < -0.39 is 0 Å². The maximum Gasteiger partial charge on any atom is 0.196 e. The van der Waals surface area contributed by atoms with Crippen molar-refractivity contribution in [3.63, 3.8) is 0 Å². The first kappa shape index (κ1) is 11.2. The van der Waals surface area contributed by atoms with Gasteiger partial charge in [0.2, 0.25) is 0 Å². The molecule has 0 saturated carbocycles. The Bertz CT molecular complexity index is 836. The Labute approximate surface area is 106 Å². The number of aromatic hydroxyl groups is 1. The highest BCUT2D eigenvalue weighted by Gasteiger charge is 2.10. The molecule has 0 spiro atoms. The molecule has 0 saturated heterocycles. The Morgan fingerprint density at radius 3 is 2.72 bits per heavy atom. The zero-order valence-electron chi connectivity index (χ0n) is 9.53. The van der Waals surface area contributed by atoms with Crippen LogP contribution in [0.25, 0.3) is 20.2 Å². The van der Waals surface area contributed by atoms with Crippen molar-refractivity contribution in [3.8, 4) is 5.75 Å². The Balaban J connectivity index is 2.61. The minimum absolute atomic E-state index is 0.0678. The molecule has 1 heterocycles. The highest BCUT2D eigenvalue weighted by atomic mass is 32.1. The number of aryl methyl sites for hydroxylation is 1. The fraction of sp³-hybridized carbons (Fsp3) is 0.0714. The van der Waals surface area contributed by atoms with Crippen LogP contribution < -0.4 is 5.43 Å². The summed E-state index contributed by atoms with van der Waals surface area (Å²) in [7, 11) is 0. The van der Waals surface area contributed by atoms with Crippen LogP contribution >= 0.6 is 11.3 Å². The Hall–Kier alpha value is -1.94. The predicted octanol–water partition coefficient (Wildman–Crippen LogP) is 3.57. The van der Waals surface area contributed by atoms with Gasteiger partial charge in [0, 0.05) is 15.5 Å². The molecule has 0 aliphatic heterocycles. The van der Waals surface area contributed by atoms with Gasteiger partial charge in [-0.25, -0.2) is 4.39 Å². The third-order valence-corrected chi connectivity index (χ3v) is 4.05. The molecule has 90 valence electrons. The zero-order chi connectivity index (χ0) is 12.9. The smallest absolute Gasteiger partial charge is 0.196 e. The SMILES string of the molecule is Cc1cc(O)c2sc3cc(F)ccc3c(=O)c2c1. The average Bonchev–Trinajstić information content (AvgIpc) is 2.31. The van der Waals surface area contributed by atoms with E-state index >= 15 is 0 Å². The number of phenolic OH excluding ortho intramolecular Hbond substituents is 1. The van der Waals surface area contributed by atoms with Gasteiger partial charge in [-0.15, -0.1) is 11.3 Å². The van der Waals surface area contributed by atoms with E-state index in [1.165, 1.54) is 29.5 Å².